The fourth-order valence-corrected chi connectivity index (χ4v) is 3.54. The van der Waals surface area contributed by atoms with Crippen molar-refractivity contribution in [1.29, 1.82) is 5.26 Å². The SMILES string of the molecule is CCC(C)n1c(C#N)cc(N)c1N1CCN(Cc2ccccc2)CC1. The monoisotopic (exact) mass is 337 g/mol. The average Bonchev–Trinajstić information content (AvgIpc) is 2.99. The molecule has 0 saturated carbocycles. The summed E-state index contributed by atoms with van der Waals surface area (Å²) in [6, 6.07) is 15.0. The molecule has 2 aromatic rings. The van der Waals surface area contributed by atoms with Crippen LogP contribution in [0.3, 0.4) is 0 Å². The Bertz CT molecular complexity index is 735. The van der Waals surface area contributed by atoms with Gasteiger partial charge in [-0.3, -0.25) is 4.90 Å². The van der Waals surface area contributed by atoms with Gasteiger partial charge in [-0.25, -0.2) is 0 Å². The van der Waals surface area contributed by atoms with Crippen LogP contribution in [0.4, 0.5) is 11.5 Å². The molecule has 1 unspecified atom stereocenters. The Hall–Kier alpha value is -2.45. The van der Waals surface area contributed by atoms with Gasteiger partial charge in [-0.1, -0.05) is 37.3 Å². The van der Waals surface area contributed by atoms with Gasteiger partial charge in [0, 0.05) is 38.8 Å². The third-order valence-electron chi connectivity index (χ3n) is 5.11. The lowest BCUT2D eigenvalue weighted by atomic mass is 10.2. The van der Waals surface area contributed by atoms with Crippen LogP contribution in [0.5, 0.6) is 0 Å². The highest BCUT2D eigenvalue weighted by Crippen LogP contribution is 2.33. The minimum Gasteiger partial charge on any atom is -0.396 e. The molecule has 1 aromatic heterocycles. The lowest BCUT2D eigenvalue weighted by molar-refractivity contribution is 0.248. The summed E-state index contributed by atoms with van der Waals surface area (Å²) in [6.07, 6.45) is 0.976. The summed E-state index contributed by atoms with van der Waals surface area (Å²) < 4.78 is 2.11. The number of piperazine rings is 1. The predicted octanol–water partition coefficient (Wildman–Crippen LogP) is 3.24. The van der Waals surface area contributed by atoms with Crippen molar-refractivity contribution in [2.75, 3.05) is 36.8 Å². The van der Waals surface area contributed by atoms with E-state index in [1.807, 2.05) is 6.07 Å². The first kappa shape index (κ1) is 17.4. The van der Waals surface area contributed by atoms with Gasteiger partial charge in [-0.05, 0) is 25.0 Å². The zero-order valence-electron chi connectivity index (χ0n) is 15.2. The highest BCUT2D eigenvalue weighted by Gasteiger charge is 2.25. The van der Waals surface area contributed by atoms with Crippen LogP contribution in [-0.2, 0) is 6.54 Å². The molecule has 25 heavy (non-hydrogen) atoms. The number of nitrogens with zero attached hydrogens (tertiary/aromatic N) is 4. The summed E-state index contributed by atoms with van der Waals surface area (Å²) in [5, 5.41) is 9.45. The molecule has 0 radical (unpaired) electrons. The second-order valence-electron chi connectivity index (χ2n) is 6.80. The van der Waals surface area contributed by atoms with Crippen molar-refractivity contribution in [1.82, 2.24) is 9.47 Å². The van der Waals surface area contributed by atoms with Crippen molar-refractivity contribution in [2.24, 2.45) is 0 Å². The van der Waals surface area contributed by atoms with E-state index >= 15 is 0 Å². The number of hydrogen-bond donors (Lipinski definition) is 1. The van der Waals surface area contributed by atoms with E-state index < -0.39 is 0 Å². The smallest absolute Gasteiger partial charge is 0.133 e. The molecule has 1 saturated heterocycles. The number of nitrogens with two attached hydrogens (primary N) is 1. The minimum absolute atomic E-state index is 0.268. The van der Waals surface area contributed by atoms with Crippen molar-refractivity contribution in [3.05, 3.63) is 47.7 Å². The predicted molar refractivity (Wildman–Crippen MR) is 102 cm³/mol. The van der Waals surface area contributed by atoms with E-state index in [4.69, 9.17) is 5.73 Å². The van der Waals surface area contributed by atoms with E-state index in [9.17, 15) is 5.26 Å². The van der Waals surface area contributed by atoms with Gasteiger partial charge in [-0.15, -0.1) is 0 Å². The van der Waals surface area contributed by atoms with E-state index in [2.05, 4.69) is 64.6 Å². The summed E-state index contributed by atoms with van der Waals surface area (Å²) in [5.41, 5.74) is 9.00. The van der Waals surface area contributed by atoms with Crippen molar-refractivity contribution in [3.63, 3.8) is 0 Å². The number of rotatable bonds is 5. The first-order valence-electron chi connectivity index (χ1n) is 9.06. The summed E-state index contributed by atoms with van der Waals surface area (Å²) >= 11 is 0. The molecule has 1 aliphatic rings. The van der Waals surface area contributed by atoms with Crippen LogP contribution in [0.25, 0.3) is 0 Å². The van der Waals surface area contributed by atoms with Crippen molar-refractivity contribution in [3.8, 4) is 6.07 Å². The molecule has 2 N–H and O–H groups in total. The summed E-state index contributed by atoms with van der Waals surface area (Å²) in [7, 11) is 0. The average molecular weight is 337 g/mol. The standard InChI is InChI=1S/C20H27N5/c1-3-16(2)25-18(14-21)13-19(22)20(25)24-11-9-23(10-12-24)15-17-7-5-4-6-8-17/h4-8,13,16H,3,9-12,15,22H2,1-2H3. The number of nitrogen functional groups attached to an aromatic ring is 1. The maximum atomic E-state index is 9.45. The lowest BCUT2D eigenvalue weighted by Gasteiger charge is -2.37. The van der Waals surface area contributed by atoms with Crippen LogP contribution >= 0.6 is 0 Å². The van der Waals surface area contributed by atoms with Crippen LogP contribution in [0.2, 0.25) is 0 Å². The van der Waals surface area contributed by atoms with E-state index in [-0.39, 0.29) is 6.04 Å². The Morgan fingerprint density at radius 1 is 1.16 bits per heavy atom. The molecule has 0 aliphatic carbocycles. The second kappa shape index (κ2) is 7.62. The molecule has 2 heterocycles. The second-order valence-corrected chi connectivity index (χ2v) is 6.80. The lowest BCUT2D eigenvalue weighted by Crippen LogP contribution is -2.47. The van der Waals surface area contributed by atoms with Crippen molar-refractivity contribution in [2.45, 2.75) is 32.9 Å². The minimum atomic E-state index is 0.268. The zero-order chi connectivity index (χ0) is 17.8. The molecule has 1 aromatic carbocycles. The summed E-state index contributed by atoms with van der Waals surface area (Å²) in [5.74, 6) is 1.02. The van der Waals surface area contributed by atoms with Crippen LogP contribution < -0.4 is 10.6 Å². The quantitative estimate of drug-likeness (QED) is 0.910. The molecule has 0 bridgehead atoms. The van der Waals surface area contributed by atoms with Crippen LogP contribution in [0.15, 0.2) is 36.4 Å². The maximum absolute atomic E-state index is 9.45. The van der Waals surface area contributed by atoms with Gasteiger partial charge < -0.3 is 15.2 Å². The van der Waals surface area contributed by atoms with E-state index in [0.717, 1.165) is 45.0 Å². The largest absolute Gasteiger partial charge is 0.396 e. The number of hydrogen-bond acceptors (Lipinski definition) is 4. The van der Waals surface area contributed by atoms with Gasteiger partial charge in [0.1, 0.15) is 17.6 Å². The Kier molecular flexibility index (Phi) is 5.30. The highest BCUT2D eigenvalue weighted by atomic mass is 15.3. The first-order valence-corrected chi connectivity index (χ1v) is 9.06. The Morgan fingerprint density at radius 2 is 1.84 bits per heavy atom. The Morgan fingerprint density at radius 3 is 2.44 bits per heavy atom. The van der Waals surface area contributed by atoms with Gasteiger partial charge in [-0.2, -0.15) is 5.26 Å². The van der Waals surface area contributed by atoms with E-state index in [1.165, 1.54) is 5.56 Å². The molecular weight excluding hydrogens is 310 g/mol. The third-order valence-corrected chi connectivity index (χ3v) is 5.11. The number of nitriles is 1. The van der Waals surface area contributed by atoms with Gasteiger partial charge in [0.15, 0.2) is 0 Å². The summed E-state index contributed by atoms with van der Waals surface area (Å²) in [6.45, 7) is 9.15. The molecule has 1 aliphatic heterocycles. The van der Waals surface area contributed by atoms with Gasteiger partial charge >= 0.3 is 0 Å². The zero-order valence-corrected chi connectivity index (χ0v) is 15.2. The fourth-order valence-electron chi connectivity index (χ4n) is 3.54. The molecule has 5 nitrogen and oxygen atoms in total. The first-order chi connectivity index (χ1) is 12.1. The van der Waals surface area contributed by atoms with Crippen molar-refractivity contribution >= 4 is 11.5 Å². The summed E-state index contributed by atoms with van der Waals surface area (Å²) in [4.78, 5) is 4.81. The number of aromatic nitrogens is 1. The van der Waals surface area contributed by atoms with Crippen LogP contribution in [-0.4, -0.2) is 35.6 Å². The van der Waals surface area contributed by atoms with Crippen LogP contribution in [0.1, 0.15) is 37.6 Å². The van der Waals surface area contributed by atoms with Gasteiger partial charge in [0.25, 0.3) is 0 Å². The fraction of sp³-hybridized carbons (Fsp3) is 0.450. The Balaban J connectivity index is 1.73. The molecule has 0 amide bonds. The third kappa shape index (κ3) is 3.64. The van der Waals surface area contributed by atoms with Crippen molar-refractivity contribution < 1.29 is 0 Å². The molecule has 1 atom stereocenters. The molecule has 132 valence electrons. The molecule has 3 rings (SSSR count). The molecule has 1 fully saturated rings. The topological polar surface area (TPSA) is 61.2 Å². The van der Waals surface area contributed by atoms with E-state index in [1.54, 1.807) is 0 Å². The van der Waals surface area contributed by atoms with Crippen LogP contribution in [0, 0.1) is 11.3 Å². The van der Waals surface area contributed by atoms with Gasteiger partial charge in [0.2, 0.25) is 0 Å². The molecular formula is C20H27N5. The normalized spacial score (nSPS) is 16.6. The van der Waals surface area contributed by atoms with Gasteiger partial charge in [0.05, 0.1) is 5.69 Å². The molecule has 5 heteroatoms. The highest BCUT2D eigenvalue weighted by molar-refractivity contribution is 5.68. The van der Waals surface area contributed by atoms with E-state index in [0.29, 0.717) is 11.4 Å². The maximum Gasteiger partial charge on any atom is 0.133 e. The number of anilines is 2. The molecule has 0 spiro atoms. The number of benzene rings is 1. The Labute approximate surface area is 150 Å².